The number of nitrogens with zero attached hydrogens (tertiary/aromatic N) is 4. The molecule has 0 saturated carbocycles. The highest BCUT2D eigenvalue weighted by molar-refractivity contribution is 5.86. The molecule has 0 spiro atoms. The Hall–Kier alpha value is -2.50. The van der Waals surface area contributed by atoms with E-state index in [1.807, 2.05) is 6.07 Å². The zero-order valence-corrected chi connectivity index (χ0v) is 11.8. The molecule has 21 heavy (non-hydrogen) atoms. The largest absolute Gasteiger partial charge is 0.369 e. The summed E-state index contributed by atoms with van der Waals surface area (Å²) in [4.78, 5) is 8.53. The van der Waals surface area contributed by atoms with Gasteiger partial charge in [0.2, 0.25) is 0 Å². The Morgan fingerprint density at radius 1 is 1.29 bits per heavy atom. The highest BCUT2D eigenvalue weighted by Gasteiger charge is 2.09. The molecule has 0 amide bonds. The third-order valence-electron chi connectivity index (χ3n) is 3.20. The summed E-state index contributed by atoms with van der Waals surface area (Å²) in [6, 6.07) is 6.50. The first-order valence-corrected chi connectivity index (χ1v) is 6.92. The van der Waals surface area contributed by atoms with Gasteiger partial charge in [-0.1, -0.05) is 19.1 Å². The first-order valence-electron chi connectivity index (χ1n) is 6.92. The van der Waals surface area contributed by atoms with E-state index in [4.69, 9.17) is 0 Å². The van der Waals surface area contributed by atoms with Crippen LogP contribution in [0.5, 0.6) is 0 Å². The predicted molar refractivity (Wildman–Crippen MR) is 79.6 cm³/mol. The van der Waals surface area contributed by atoms with E-state index in [1.54, 1.807) is 16.9 Å². The summed E-state index contributed by atoms with van der Waals surface area (Å²) in [5.74, 6) is 0.538. The van der Waals surface area contributed by atoms with Crippen LogP contribution in [0.25, 0.3) is 11.0 Å². The normalized spacial score (nSPS) is 11.0. The first-order chi connectivity index (χ1) is 10.3. The molecular formula is C15H16FN5. The molecule has 3 aromatic rings. The van der Waals surface area contributed by atoms with Crippen LogP contribution in [-0.4, -0.2) is 26.3 Å². The number of benzene rings is 1. The van der Waals surface area contributed by atoms with Gasteiger partial charge in [0.1, 0.15) is 18.0 Å². The van der Waals surface area contributed by atoms with E-state index >= 15 is 0 Å². The van der Waals surface area contributed by atoms with Crippen LogP contribution < -0.4 is 5.32 Å². The summed E-state index contributed by atoms with van der Waals surface area (Å²) in [7, 11) is 0. The Morgan fingerprint density at radius 2 is 2.19 bits per heavy atom. The molecule has 1 N–H and O–H groups in total. The van der Waals surface area contributed by atoms with Crippen molar-refractivity contribution in [3.8, 4) is 0 Å². The van der Waals surface area contributed by atoms with Gasteiger partial charge in [0, 0.05) is 6.54 Å². The smallest absolute Gasteiger partial charge is 0.163 e. The number of aromatic nitrogens is 4. The van der Waals surface area contributed by atoms with E-state index in [0.717, 1.165) is 35.4 Å². The van der Waals surface area contributed by atoms with Gasteiger partial charge in [0.25, 0.3) is 0 Å². The molecule has 0 radical (unpaired) electrons. The predicted octanol–water partition coefficient (Wildman–Crippen LogP) is 2.84. The molecule has 0 unspecified atom stereocenters. The molecule has 0 aliphatic carbocycles. The van der Waals surface area contributed by atoms with Gasteiger partial charge in [0.15, 0.2) is 5.65 Å². The Kier molecular flexibility index (Phi) is 3.77. The van der Waals surface area contributed by atoms with E-state index in [9.17, 15) is 4.39 Å². The summed E-state index contributed by atoms with van der Waals surface area (Å²) in [5, 5.41) is 8.48. The maximum atomic E-state index is 13.2. The molecule has 6 heteroatoms. The van der Waals surface area contributed by atoms with Gasteiger partial charge >= 0.3 is 0 Å². The number of anilines is 1. The summed E-state index contributed by atoms with van der Waals surface area (Å²) < 4.78 is 15.0. The molecular weight excluding hydrogens is 269 g/mol. The molecule has 3 rings (SSSR count). The minimum Gasteiger partial charge on any atom is -0.369 e. The number of hydrogen-bond acceptors (Lipinski definition) is 4. The topological polar surface area (TPSA) is 55.6 Å². The molecule has 0 saturated heterocycles. The summed E-state index contributed by atoms with van der Waals surface area (Å²) in [5.41, 5.74) is 1.59. The lowest BCUT2D eigenvalue weighted by Gasteiger charge is -2.06. The Bertz CT molecular complexity index is 753. The number of fused-ring (bicyclic) bond motifs is 1. The van der Waals surface area contributed by atoms with E-state index in [0.29, 0.717) is 6.54 Å². The van der Waals surface area contributed by atoms with E-state index < -0.39 is 0 Å². The van der Waals surface area contributed by atoms with Crippen molar-refractivity contribution < 1.29 is 4.39 Å². The van der Waals surface area contributed by atoms with Gasteiger partial charge in [-0.2, -0.15) is 5.10 Å². The quantitative estimate of drug-likeness (QED) is 0.783. The molecule has 108 valence electrons. The maximum absolute atomic E-state index is 13.2. The van der Waals surface area contributed by atoms with Gasteiger partial charge in [-0.3, -0.25) is 0 Å². The zero-order valence-electron chi connectivity index (χ0n) is 11.8. The van der Waals surface area contributed by atoms with Crippen LogP contribution in [-0.2, 0) is 6.54 Å². The third-order valence-corrected chi connectivity index (χ3v) is 3.20. The van der Waals surface area contributed by atoms with Crippen molar-refractivity contribution >= 4 is 16.9 Å². The fraction of sp³-hybridized carbons (Fsp3) is 0.267. The zero-order chi connectivity index (χ0) is 14.7. The third kappa shape index (κ3) is 2.84. The lowest BCUT2D eigenvalue weighted by Crippen LogP contribution is -2.05. The molecule has 0 fully saturated rings. The first kappa shape index (κ1) is 13.5. The second-order valence-electron chi connectivity index (χ2n) is 4.82. The van der Waals surface area contributed by atoms with Crippen LogP contribution >= 0.6 is 0 Å². The lowest BCUT2D eigenvalue weighted by atomic mass is 10.2. The van der Waals surface area contributed by atoms with Gasteiger partial charge in [0.05, 0.1) is 18.1 Å². The van der Waals surface area contributed by atoms with Crippen molar-refractivity contribution in [3.05, 3.63) is 48.2 Å². The van der Waals surface area contributed by atoms with E-state index in [2.05, 4.69) is 27.3 Å². The van der Waals surface area contributed by atoms with Crippen molar-refractivity contribution in [2.75, 3.05) is 11.9 Å². The minimum absolute atomic E-state index is 0.246. The van der Waals surface area contributed by atoms with Crippen molar-refractivity contribution in [2.24, 2.45) is 0 Å². The number of nitrogens with one attached hydrogen (secondary N) is 1. The van der Waals surface area contributed by atoms with Gasteiger partial charge < -0.3 is 5.32 Å². The highest BCUT2D eigenvalue weighted by Crippen LogP contribution is 2.19. The van der Waals surface area contributed by atoms with Crippen LogP contribution in [0.2, 0.25) is 0 Å². The molecule has 1 aromatic carbocycles. The van der Waals surface area contributed by atoms with Crippen LogP contribution in [0, 0.1) is 5.82 Å². The standard InChI is InChI=1S/C15H16FN5/c1-2-6-17-14-13-8-20-21(15(13)19-10-18-14)9-11-4-3-5-12(16)7-11/h3-5,7-8,10H,2,6,9H2,1H3,(H,17,18,19). The van der Waals surface area contributed by atoms with Gasteiger partial charge in [-0.25, -0.2) is 19.0 Å². The summed E-state index contributed by atoms with van der Waals surface area (Å²) in [6.45, 7) is 3.42. The molecule has 0 aliphatic rings. The molecule has 0 atom stereocenters. The molecule has 2 heterocycles. The average Bonchev–Trinajstić information content (AvgIpc) is 2.89. The fourth-order valence-electron chi connectivity index (χ4n) is 2.20. The lowest BCUT2D eigenvalue weighted by molar-refractivity contribution is 0.620. The van der Waals surface area contributed by atoms with Crippen LogP contribution in [0.3, 0.4) is 0 Å². The average molecular weight is 285 g/mol. The molecule has 0 bridgehead atoms. The second kappa shape index (κ2) is 5.87. The second-order valence-corrected chi connectivity index (χ2v) is 4.82. The van der Waals surface area contributed by atoms with E-state index in [1.165, 1.54) is 18.5 Å². The van der Waals surface area contributed by atoms with Crippen LogP contribution in [0.1, 0.15) is 18.9 Å². The number of hydrogen-bond donors (Lipinski definition) is 1. The Labute approximate surface area is 121 Å². The maximum Gasteiger partial charge on any atom is 0.163 e. The molecule has 2 aromatic heterocycles. The van der Waals surface area contributed by atoms with Crippen molar-refractivity contribution in [2.45, 2.75) is 19.9 Å². The van der Waals surface area contributed by atoms with Gasteiger partial charge in [-0.05, 0) is 24.1 Å². The van der Waals surface area contributed by atoms with Crippen molar-refractivity contribution in [1.82, 2.24) is 19.7 Å². The molecule has 0 aliphatic heterocycles. The summed E-state index contributed by atoms with van der Waals surface area (Å²) in [6.07, 6.45) is 4.28. The van der Waals surface area contributed by atoms with E-state index in [-0.39, 0.29) is 5.82 Å². The van der Waals surface area contributed by atoms with Crippen LogP contribution in [0.15, 0.2) is 36.8 Å². The summed E-state index contributed by atoms with van der Waals surface area (Å²) >= 11 is 0. The minimum atomic E-state index is -0.246. The van der Waals surface area contributed by atoms with Crippen molar-refractivity contribution in [3.63, 3.8) is 0 Å². The highest BCUT2D eigenvalue weighted by atomic mass is 19.1. The fourth-order valence-corrected chi connectivity index (χ4v) is 2.20. The number of halogens is 1. The van der Waals surface area contributed by atoms with Crippen molar-refractivity contribution in [1.29, 1.82) is 0 Å². The Morgan fingerprint density at radius 3 is 3.00 bits per heavy atom. The molecule has 5 nitrogen and oxygen atoms in total. The number of rotatable bonds is 5. The van der Waals surface area contributed by atoms with Gasteiger partial charge in [-0.15, -0.1) is 0 Å². The Balaban J connectivity index is 1.93. The SMILES string of the molecule is CCCNc1ncnc2c1cnn2Cc1cccc(F)c1. The monoisotopic (exact) mass is 285 g/mol. The van der Waals surface area contributed by atoms with Crippen LogP contribution in [0.4, 0.5) is 10.2 Å².